The molecule has 0 bridgehead atoms. The summed E-state index contributed by atoms with van der Waals surface area (Å²) >= 11 is 0. The predicted molar refractivity (Wildman–Crippen MR) is 61.2 cm³/mol. The Balaban J connectivity index is 2.11. The fraction of sp³-hybridized carbons (Fsp3) is 0.417. The molecule has 1 aliphatic rings. The molecule has 0 spiro atoms. The molecule has 0 saturated heterocycles. The van der Waals surface area contributed by atoms with Crippen molar-refractivity contribution in [2.75, 3.05) is 12.4 Å². The smallest absolute Gasteiger partial charge is 0.321 e. The van der Waals surface area contributed by atoms with E-state index in [0.717, 1.165) is 6.42 Å². The van der Waals surface area contributed by atoms with Crippen LogP contribution in [0.2, 0.25) is 0 Å². The minimum absolute atomic E-state index is 0.290. The second-order valence-corrected chi connectivity index (χ2v) is 4.12. The molecule has 1 aromatic rings. The number of hydrogen-bond acceptors (Lipinski definition) is 4. The number of carbonyl (C=O) groups excluding carboxylic acids is 2. The van der Waals surface area contributed by atoms with Gasteiger partial charge in [0.15, 0.2) is 0 Å². The molecule has 1 N–H and O–H groups in total. The van der Waals surface area contributed by atoms with Crippen LogP contribution in [0, 0.1) is 5.41 Å². The number of ether oxygens (including phenoxy) is 1. The van der Waals surface area contributed by atoms with Gasteiger partial charge in [0.1, 0.15) is 5.41 Å². The molecule has 17 heavy (non-hydrogen) atoms. The van der Waals surface area contributed by atoms with Gasteiger partial charge in [-0.05, 0) is 25.0 Å². The molecule has 1 amide bonds. The number of carbonyl (C=O) groups is 2. The molecule has 1 fully saturated rings. The third-order valence-electron chi connectivity index (χ3n) is 3.16. The topological polar surface area (TPSA) is 68.3 Å². The molecule has 1 aliphatic carbocycles. The highest BCUT2D eigenvalue weighted by atomic mass is 16.5. The first-order chi connectivity index (χ1) is 8.19. The summed E-state index contributed by atoms with van der Waals surface area (Å²) in [7, 11) is 1.31. The number of amides is 1. The number of nitrogens with zero attached hydrogens (tertiary/aromatic N) is 1. The van der Waals surface area contributed by atoms with Crippen LogP contribution in [0.15, 0.2) is 24.5 Å². The van der Waals surface area contributed by atoms with Crippen molar-refractivity contribution in [3.05, 3.63) is 24.5 Å². The Morgan fingerprint density at radius 2 is 2.00 bits per heavy atom. The van der Waals surface area contributed by atoms with Crippen LogP contribution in [0.3, 0.4) is 0 Å². The molecule has 1 heterocycles. The summed E-state index contributed by atoms with van der Waals surface area (Å²) in [5, 5.41) is 2.72. The van der Waals surface area contributed by atoms with Crippen LogP contribution in [0.25, 0.3) is 0 Å². The van der Waals surface area contributed by atoms with Crippen LogP contribution in [-0.4, -0.2) is 24.0 Å². The van der Waals surface area contributed by atoms with Crippen molar-refractivity contribution in [2.24, 2.45) is 5.41 Å². The Morgan fingerprint density at radius 3 is 2.47 bits per heavy atom. The maximum absolute atomic E-state index is 12.1. The van der Waals surface area contributed by atoms with Gasteiger partial charge in [0.2, 0.25) is 5.91 Å². The summed E-state index contributed by atoms with van der Waals surface area (Å²) in [6.07, 6.45) is 5.15. The lowest BCUT2D eigenvalue weighted by molar-refractivity contribution is -0.163. The minimum atomic E-state index is -0.988. The third-order valence-corrected chi connectivity index (χ3v) is 3.16. The molecule has 90 valence electrons. The Labute approximate surface area is 99.2 Å². The van der Waals surface area contributed by atoms with Gasteiger partial charge in [-0.15, -0.1) is 0 Å². The van der Waals surface area contributed by atoms with Crippen molar-refractivity contribution in [1.29, 1.82) is 0 Å². The zero-order chi connectivity index (χ0) is 12.3. The first kappa shape index (κ1) is 11.6. The van der Waals surface area contributed by atoms with Crippen LogP contribution < -0.4 is 5.32 Å². The third kappa shape index (κ3) is 2.00. The van der Waals surface area contributed by atoms with Gasteiger partial charge in [0, 0.05) is 18.1 Å². The Bertz CT molecular complexity index is 427. The zero-order valence-corrected chi connectivity index (χ0v) is 9.60. The Morgan fingerprint density at radius 1 is 1.35 bits per heavy atom. The monoisotopic (exact) mass is 234 g/mol. The maximum atomic E-state index is 12.1. The molecule has 0 aliphatic heterocycles. The summed E-state index contributed by atoms with van der Waals surface area (Å²) in [5.41, 5.74) is -0.349. The molecule has 1 aromatic heterocycles. The molecular formula is C12H14N2O3. The molecule has 0 unspecified atom stereocenters. The number of pyridine rings is 1. The quantitative estimate of drug-likeness (QED) is 0.633. The lowest BCUT2D eigenvalue weighted by Gasteiger charge is -2.36. The SMILES string of the molecule is COC(=O)C1(C(=O)Nc2ccncc2)CCC1. The Kier molecular flexibility index (Phi) is 3.08. The zero-order valence-electron chi connectivity index (χ0n) is 9.60. The number of aromatic nitrogens is 1. The van der Waals surface area contributed by atoms with E-state index in [0.29, 0.717) is 18.5 Å². The van der Waals surface area contributed by atoms with Gasteiger partial charge in [-0.2, -0.15) is 0 Å². The highest BCUT2D eigenvalue weighted by Gasteiger charge is 2.51. The number of rotatable bonds is 3. The molecule has 5 nitrogen and oxygen atoms in total. The second kappa shape index (κ2) is 4.53. The first-order valence-corrected chi connectivity index (χ1v) is 5.49. The van der Waals surface area contributed by atoms with Gasteiger partial charge in [-0.1, -0.05) is 6.42 Å². The summed E-state index contributed by atoms with van der Waals surface area (Å²) < 4.78 is 4.70. The number of anilines is 1. The van der Waals surface area contributed by atoms with E-state index in [9.17, 15) is 9.59 Å². The normalized spacial score (nSPS) is 16.8. The molecule has 1 saturated carbocycles. The van der Waals surface area contributed by atoms with E-state index in [1.807, 2.05) is 0 Å². The van der Waals surface area contributed by atoms with Crippen LogP contribution in [0.1, 0.15) is 19.3 Å². The van der Waals surface area contributed by atoms with E-state index >= 15 is 0 Å². The number of esters is 1. The van der Waals surface area contributed by atoms with Gasteiger partial charge in [-0.25, -0.2) is 0 Å². The second-order valence-electron chi connectivity index (χ2n) is 4.12. The average Bonchev–Trinajstić information content (AvgIpc) is 2.28. The number of hydrogen-bond donors (Lipinski definition) is 1. The van der Waals surface area contributed by atoms with Crippen LogP contribution in [-0.2, 0) is 14.3 Å². The lowest BCUT2D eigenvalue weighted by atomic mass is 9.68. The molecule has 5 heteroatoms. The first-order valence-electron chi connectivity index (χ1n) is 5.49. The Hall–Kier alpha value is -1.91. The van der Waals surface area contributed by atoms with E-state index in [2.05, 4.69) is 10.3 Å². The maximum Gasteiger partial charge on any atom is 0.321 e. The highest BCUT2D eigenvalue weighted by molar-refractivity contribution is 6.09. The molecule has 0 atom stereocenters. The van der Waals surface area contributed by atoms with E-state index in [4.69, 9.17) is 4.74 Å². The van der Waals surface area contributed by atoms with Gasteiger partial charge >= 0.3 is 5.97 Å². The number of methoxy groups -OCH3 is 1. The van der Waals surface area contributed by atoms with Gasteiger partial charge in [0.25, 0.3) is 0 Å². The summed E-state index contributed by atoms with van der Waals surface area (Å²) in [6, 6.07) is 3.36. The van der Waals surface area contributed by atoms with Gasteiger partial charge in [-0.3, -0.25) is 14.6 Å². The largest absolute Gasteiger partial charge is 0.468 e. The molecule has 0 aromatic carbocycles. The standard InChI is InChI=1S/C12H14N2O3/c1-17-11(16)12(5-2-6-12)10(15)14-9-3-7-13-8-4-9/h3-4,7-8H,2,5-6H2,1H3,(H,13,14,15). The summed E-state index contributed by atoms with van der Waals surface area (Å²) in [4.78, 5) is 27.6. The predicted octanol–water partition coefficient (Wildman–Crippen LogP) is 1.36. The minimum Gasteiger partial charge on any atom is -0.468 e. The van der Waals surface area contributed by atoms with E-state index in [1.165, 1.54) is 7.11 Å². The fourth-order valence-electron chi connectivity index (χ4n) is 1.94. The fourth-order valence-corrected chi connectivity index (χ4v) is 1.94. The van der Waals surface area contributed by atoms with Crippen molar-refractivity contribution in [3.63, 3.8) is 0 Å². The summed E-state index contributed by atoms with van der Waals surface area (Å²) in [5.74, 6) is -0.739. The summed E-state index contributed by atoms with van der Waals surface area (Å²) in [6.45, 7) is 0. The van der Waals surface area contributed by atoms with Crippen molar-refractivity contribution in [1.82, 2.24) is 4.98 Å². The van der Waals surface area contributed by atoms with Crippen LogP contribution >= 0.6 is 0 Å². The molecule has 2 rings (SSSR count). The molecular weight excluding hydrogens is 220 g/mol. The van der Waals surface area contributed by atoms with E-state index in [-0.39, 0.29) is 5.91 Å². The average molecular weight is 234 g/mol. The molecule has 0 radical (unpaired) electrons. The van der Waals surface area contributed by atoms with Crippen molar-refractivity contribution in [2.45, 2.75) is 19.3 Å². The van der Waals surface area contributed by atoms with Crippen LogP contribution in [0.5, 0.6) is 0 Å². The van der Waals surface area contributed by atoms with Crippen LogP contribution in [0.4, 0.5) is 5.69 Å². The van der Waals surface area contributed by atoms with Gasteiger partial charge in [0.05, 0.1) is 7.11 Å². The number of nitrogens with one attached hydrogen (secondary N) is 1. The van der Waals surface area contributed by atoms with E-state index in [1.54, 1.807) is 24.5 Å². The lowest BCUT2D eigenvalue weighted by Crippen LogP contribution is -2.48. The van der Waals surface area contributed by atoms with E-state index < -0.39 is 11.4 Å². The van der Waals surface area contributed by atoms with Crippen molar-refractivity contribution >= 4 is 17.6 Å². The van der Waals surface area contributed by atoms with Crippen molar-refractivity contribution in [3.8, 4) is 0 Å². The van der Waals surface area contributed by atoms with Gasteiger partial charge < -0.3 is 10.1 Å². The van der Waals surface area contributed by atoms with Crippen molar-refractivity contribution < 1.29 is 14.3 Å². The highest BCUT2D eigenvalue weighted by Crippen LogP contribution is 2.42.